The highest BCUT2D eigenvalue weighted by Crippen LogP contribution is 2.01. The van der Waals surface area contributed by atoms with E-state index >= 15 is 0 Å². The molecule has 1 rings (SSSR count). The monoisotopic (exact) mass is 155 g/mol. The summed E-state index contributed by atoms with van der Waals surface area (Å²) in [5.74, 6) is -0.0936. The first-order chi connectivity index (χ1) is 5.24. The molecule has 0 fully saturated rings. The fraction of sp³-hybridized carbons (Fsp3) is 0.333. The summed E-state index contributed by atoms with van der Waals surface area (Å²) in [6, 6.07) is 0. The zero-order chi connectivity index (χ0) is 8.27. The quantitative estimate of drug-likeness (QED) is 0.616. The molecule has 0 spiro atoms. The van der Waals surface area contributed by atoms with E-state index in [-0.39, 0.29) is 5.89 Å². The predicted molar refractivity (Wildman–Crippen MR) is 37.8 cm³/mol. The van der Waals surface area contributed by atoms with Crippen LogP contribution in [0.4, 0.5) is 0 Å². The van der Waals surface area contributed by atoms with Gasteiger partial charge in [-0.2, -0.15) is 0 Å². The molecule has 5 heteroatoms. The fourth-order valence-corrected chi connectivity index (χ4v) is 0.677. The molecule has 0 saturated carbocycles. The van der Waals surface area contributed by atoms with E-state index in [1.165, 1.54) is 6.20 Å². The number of nitrogens with zero attached hydrogens (tertiary/aromatic N) is 1. The number of nitrogens with one attached hydrogen (secondary N) is 1. The lowest BCUT2D eigenvalue weighted by molar-refractivity contribution is 0.0965. The van der Waals surface area contributed by atoms with Crippen molar-refractivity contribution in [3.63, 3.8) is 0 Å². The Kier molecular flexibility index (Phi) is 2.22. The minimum Gasteiger partial charge on any atom is -0.436 e. The Morgan fingerprint density at radius 2 is 2.64 bits per heavy atom. The van der Waals surface area contributed by atoms with Crippen molar-refractivity contribution in [1.82, 2.24) is 10.3 Å². The maximum atomic E-state index is 10.5. The van der Waals surface area contributed by atoms with E-state index < -0.39 is 5.91 Å². The highest BCUT2D eigenvalue weighted by molar-refractivity contribution is 5.87. The van der Waals surface area contributed by atoms with Gasteiger partial charge in [-0.1, -0.05) is 0 Å². The minimum atomic E-state index is -0.646. The lowest BCUT2D eigenvalue weighted by Gasteiger charge is -1.89. The molecule has 1 amide bonds. The molecule has 60 valence electrons. The molecule has 0 aliphatic heterocycles. The first-order valence-corrected chi connectivity index (χ1v) is 3.13. The van der Waals surface area contributed by atoms with Crippen LogP contribution in [-0.2, 0) is 6.54 Å². The highest BCUT2D eigenvalue weighted by Gasteiger charge is 2.07. The minimum absolute atomic E-state index is 0.0461. The Labute approximate surface area is 63.6 Å². The van der Waals surface area contributed by atoms with E-state index in [1.54, 1.807) is 7.05 Å². The summed E-state index contributed by atoms with van der Waals surface area (Å²) in [4.78, 5) is 14.1. The summed E-state index contributed by atoms with van der Waals surface area (Å²) in [6.07, 6.45) is 1.47. The lowest BCUT2D eigenvalue weighted by atomic mass is 10.5. The van der Waals surface area contributed by atoms with Gasteiger partial charge in [-0.3, -0.25) is 4.79 Å². The number of oxazole rings is 1. The normalized spacial score (nSPS) is 9.91. The molecule has 0 saturated heterocycles. The number of aromatic nitrogens is 1. The molecule has 0 aliphatic rings. The standard InChI is InChI=1S/C6H9N3O2/c1-8-2-4-3-9-6(11-4)5(7)10/h3,8H,2H2,1H3,(H2,7,10). The van der Waals surface area contributed by atoms with E-state index in [9.17, 15) is 4.79 Å². The average Bonchev–Trinajstić information content (AvgIpc) is 2.37. The van der Waals surface area contributed by atoms with Crippen molar-refractivity contribution >= 4 is 5.91 Å². The molecule has 0 bridgehead atoms. The topological polar surface area (TPSA) is 81.1 Å². The van der Waals surface area contributed by atoms with E-state index in [1.807, 2.05) is 0 Å². The summed E-state index contributed by atoms with van der Waals surface area (Å²) in [7, 11) is 1.77. The van der Waals surface area contributed by atoms with E-state index in [2.05, 4.69) is 10.3 Å². The first kappa shape index (κ1) is 7.74. The number of nitrogens with two attached hydrogens (primary N) is 1. The molecule has 3 N–H and O–H groups in total. The summed E-state index contributed by atoms with van der Waals surface area (Å²) < 4.78 is 4.94. The van der Waals surface area contributed by atoms with Crippen LogP contribution >= 0.6 is 0 Å². The van der Waals surface area contributed by atoms with E-state index in [0.717, 1.165) is 0 Å². The van der Waals surface area contributed by atoms with Crippen molar-refractivity contribution in [2.45, 2.75) is 6.54 Å². The Hall–Kier alpha value is -1.36. The van der Waals surface area contributed by atoms with Gasteiger partial charge < -0.3 is 15.5 Å². The zero-order valence-corrected chi connectivity index (χ0v) is 6.13. The molecule has 1 aromatic heterocycles. The van der Waals surface area contributed by atoms with Crippen LogP contribution in [0.25, 0.3) is 0 Å². The molecule has 0 unspecified atom stereocenters. The van der Waals surface area contributed by atoms with Gasteiger partial charge in [0, 0.05) is 0 Å². The van der Waals surface area contributed by atoms with Crippen LogP contribution in [0.3, 0.4) is 0 Å². The second kappa shape index (κ2) is 3.16. The smallest absolute Gasteiger partial charge is 0.304 e. The molecule has 0 aromatic carbocycles. The van der Waals surface area contributed by atoms with Gasteiger partial charge in [0.05, 0.1) is 12.7 Å². The molecule has 1 heterocycles. The van der Waals surface area contributed by atoms with Crippen LogP contribution in [-0.4, -0.2) is 17.9 Å². The Morgan fingerprint density at radius 1 is 1.91 bits per heavy atom. The SMILES string of the molecule is CNCc1cnc(C(N)=O)o1. The molecule has 0 radical (unpaired) electrons. The zero-order valence-electron chi connectivity index (χ0n) is 6.13. The van der Waals surface area contributed by atoms with Crippen molar-refractivity contribution in [3.8, 4) is 0 Å². The number of rotatable bonds is 3. The summed E-state index contributed by atoms with van der Waals surface area (Å²) >= 11 is 0. The Balaban J connectivity index is 2.73. The third-order valence-electron chi connectivity index (χ3n) is 1.12. The van der Waals surface area contributed by atoms with Gasteiger partial charge in [0.15, 0.2) is 0 Å². The van der Waals surface area contributed by atoms with Crippen LogP contribution in [0.5, 0.6) is 0 Å². The van der Waals surface area contributed by atoms with Crippen molar-refractivity contribution in [2.75, 3.05) is 7.05 Å². The molecule has 5 nitrogen and oxygen atoms in total. The van der Waals surface area contributed by atoms with Gasteiger partial charge in [0.1, 0.15) is 5.76 Å². The van der Waals surface area contributed by atoms with Gasteiger partial charge in [0.2, 0.25) is 0 Å². The molecule has 11 heavy (non-hydrogen) atoms. The third-order valence-corrected chi connectivity index (χ3v) is 1.12. The Morgan fingerprint density at radius 3 is 3.09 bits per heavy atom. The maximum absolute atomic E-state index is 10.5. The van der Waals surface area contributed by atoms with Gasteiger partial charge in [-0.25, -0.2) is 4.98 Å². The lowest BCUT2D eigenvalue weighted by Crippen LogP contribution is -2.11. The van der Waals surface area contributed by atoms with Crippen LogP contribution in [0.15, 0.2) is 10.6 Å². The second-order valence-electron chi connectivity index (χ2n) is 2.03. The van der Waals surface area contributed by atoms with Gasteiger partial charge in [0.25, 0.3) is 5.89 Å². The predicted octanol–water partition coefficient (Wildman–Crippen LogP) is -0.507. The number of hydrogen-bond donors (Lipinski definition) is 2. The van der Waals surface area contributed by atoms with Gasteiger partial charge in [-0.15, -0.1) is 0 Å². The highest BCUT2D eigenvalue weighted by atomic mass is 16.4. The van der Waals surface area contributed by atoms with Gasteiger partial charge in [-0.05, 0) is 7.05 Å². The number of amides is 1. The van der Waals surface area contributed by atoms with E-state index in [0.29, 0.717) is 12.3 Å². The fourth-order valence-electron chi connectivity index (χ4n) is 0.677. The molecular formula is C6H9N3O2. The number of hydrogen-bond acceptors (Lipinski definition) is 4. The number of carbonyl (C=O) groups excluding carboxylic acids is 1. The number of carbonyl (C=O) groups is 1. The molecule has 0 aliphatic carbocycles. The van der Waals surface area contributed by atoms with Crippen molar-refractivity contribution in [3.05, 3.63) is 17.8 Å². The largest absolute Gasteiger partial charge is 0.436 e. The molecule has 1 aromatic rings. The van der Waals surface area contributed by atoms with Crippen molar-refractivity contribution in [2.24, 2.45) is 5.73 Å². The second-order valence-corrected chi connectivity index (χ2v) is 2.03. The van der Waals surface area contributed by atoms with Gasteiger partial charge >= 0.3 is 5.91 Å². The van der Waals surface area contributed by atoms with Crippen molar-refractivity contribution < 1.29 is 9.21 Å². The first-order valence-electron chi connectivity index (χ1n) is 3.13. The maximum Gasteiger partial charge on any atom is 0.304 e. The number of primary amides is 1. The van der Waals surface area contributed by atoms with Crippen LogP contribution in [0.1, 0.15) is 16.4 Å². The van der Waals surface area contributed by atoms with Crippen molar-refractivity contribution in [1.29, 1.82) is 0 Å². The van der Waals surface area contributed by atoms with Crippen LogP contribution < -0.4 is 11.1 Å². The van der Waals surface area contributed by atoms with Crippen LogP contribution in [0, 0.1) is 0 Å². The molecule has 0 atom stereocenters. The Bertz CT molecular complexity index is 256. The summed E-state index contributed by atoms with van der Waals surface area (Å²) in [5, 5.41) is 2.85. The van der Waals surface area contributed by atoms with E-state index in [4.69, 9.17) is 10.2 Å². The molecular weight excluding hydrogens is 146 g/mol. The summed E-state index contributed by atoms with van der Waals surface area (Å²) in [5.41, 5.74) is 4.91. The average molecular weight is 155 g/mol. The third kappa shape index (κ3) is 1.78. The van der Waals surface area contributed by atoms with Crippen LogP contribution in [0.2, 0.25) is 0 Å². The summed E-state index contributed by atoms with van der Waals surface area (Å²) in [6.45, 7) is 0.542.